The predicted molar refractivity (Wildman–Crippen MR) is 160 cm³/mol. The smallest absolute Gasteiger partial charge is 0.345 e. The van der Waals surface area contributed by atoms with Crippen LogP contribution in [0, 0.1) is 0 Å². The van der Waals surface area contributed by atoms with E-state index in [4.69, 9.17) is 4.98 Å². The summed E-state index contributed by atoms with van der Waals surface area (Å²) in [7, 11) is 4.07. The van der Waals surface area contributed by atoms with Crippen LogP contribution in [-0.2, 0) is 0 Å². The van der Waals surface area contributed by atoms with E-state index in [0.29, 0.717) is 0 Å². The summed E-state index contributed by atoms with van der Waals surface area (Å²) >= 11 is 1.75. The molecular formula is C34H28N4S+2. The van der Waals surface area contributed by atoms with Gasteiger partial charge >= 0.3 is 6.01 Å². The van der Waals surface area contributed by atoms with Gasteiger partial charge in [0.2, 0.25) is 11.9 Å². The monoisotopic (exact) mass is 524 g/mol. The fourth-order valence-electron chi connectivity index (χ4n) is 4.56. The molecule has 1 aliphatic heterocycles. The van der Waals surface area contributed by atoms with E-state index in [1.54, 1.807) is 11.8 Å². The van der Waals surface area contributed by atoms with Crippen molar-refractivity contribution in [3.8, 4) is 22.4 Å². The first kappa shape index (κ1) is 24.6. The highest BCUT2D eigenvalue weighted by Gasteiger charge is 2.16. The standard InChI is InChI=1S/C34H28N4S/c1-36-19-20-38(25-36)31-14-8-16-33(24-31)39-32-15-7-10-28(22-32)34-23-27(17-18-35-34)26-9-6-13-30(21-26)37(2)29-11-4-3-5-12-29/h3-24H,1-2H3/q+2. The Bertz CT molecular complexity index is 1750. The summed E-state index contributed by atoms with van der Waals surface area (Å²) in [5, 5.41) is 0. The van der Waals surface area contributed by atoms with E-state index in [-0.39, 0.29) is 0 Å². The quantitative estimate of drug-likeness (QED) is 0.200. The summed E-state index contributed by atoms with van der Waals surface area (Å²) in [6.07, 6.45) is 5.90. The highest BCUT2D eigenvalue weighted by Crippen LogP contribution is 2.34. The first-order valence-electron chi connectivity index (χ1n) is 12.8. The normalized spacial score (nSPS) is 12.3. The molecule has 4 aromatic carbocycles. The van der Waals surface area contributed by atoms with Crippen LogP contribution in [0.15, 0.2) is 144 Å². The Morgan fingerprint density at radius 1 is 0.667 bits per heavy atom. The summed E-state index contributed by atoms with van der Waals surface area (Å²) in [4.78, 5) is 9.27. The first-order chi connectivity index (χ1) is 19.1. The van der Waals surface area contributed by atoms with Crippen LogP contribution >= 0.6 is 11.8 Å². The van der Waals surface area contributed by atoms with Crippen LogP contribution in [0.1, 0.15) is 0 Å². The molecule has 0 saturated heterocycles. The molecule has 1 aliphatic rings. The van der Waals surface area contributed by atoms with Gasteiger partial charge in [-0.25, -0.2) is 0 Å². The molecule has 0 amide bonds. The zero-order valence-corrected chi connectivity index (χ0v) is 22.7. The number of pyridine rings is 1. The molecule has 0 bridgehead atoms. The molecule has 0 fully saturated rings. The highest BCUT2D eigenvalue weighted by atomic mass is 32.2. The van der Waals surface area contributed by atoms with Crippen molar-refractivity contribution in [2.45, 2.75) is 9.79 Å². The molecule has 2 heterocycles. The Labute approximate surface area is 233 Å². The molecular weight excluding hydrogens is 496 g/mol. The molecule has 4 nitrogen and oxygen atoms in total. The van der Waals surface area contributed by atoms with Crippen LogP contribution in [0.4, 0.5) is 17.1 Å². The van der Waals surface area contributed by atoms with Crippen LogP contribution in [0.2, 0.25) is 0 Å². The lowest BCUT2D eigenvalue weighted by atomic mass is 10.0. The number of aromatic nitrogens is 1. The van der Waals surface area contributed by atoms with Gasteiger partial charge in [-0.1, -0.05) is 69.4 Å². The fourth-order valence-corrected chi connectivity index (χ4v) is 5.49. The van der Waals surface area contributed by atoms with Gasteiger partial charge in [0.15, 0.2) is 7.05 Å². The number of para-hydroxylation sites is 1. The van der Waals surface area contributed by atoms with Crippen LogP contribution in [-0.4, -0.2) is 34.2 Å². The van der Waals surface area contributed by atoms with Crippen LogP contribution in [0.3, 0.4) is 0 Å². The Kier molecular flexibility index (Phi) is 6.92. The average molecular weight is 525 g/mol. The zero-order valence-electron chi connectivity index (χ0n) is 21.9. The van der Waals surface area contributed by atoms with Gasteiger partial charge in [0.05, 0.1) is 5.69 Å². The van der Waals surface area contributed by atoms with E-state index in [2.05, 4.69) is 127 Å². The Balaban J connectivity index is 1.25. The van der Waals surface area contributed by atoms with Gasteiger partial charge in [-0.3, -0.25) is 4.98 Å². The molecule has 39 heavy (non-hydrogen) atoms. The molecule has 5 heteroatoms. The SMILES string of the molecule is CN(c1ccccc1)c1cccc(-c2ccnc(-c3cccc(Sc4cccc([N+]5=C=[N+](C)C=C5)c4)c3)c2)c1. The van der Waals surface area contributed by atoms with Gasteiger partial charge in [-0.15, -0.1) is 0 Å². The molecule has 0 atom stereocenters. The van der Waals surface area contributed by atoms with Gasteiger partial charge in [-0.05, 0) is 65.7 Å². The van der Waals surface area contributed by atoms with Crippen molar-refractivity contribution in [3.63, 3.8) is 0 Å². The maximum Gasteiger partial charge on any atom is 0.495 e. The molecule has 5 aromatic rings. The molecule has 0 aliphatic carbocycles. The van der Waals surface area contributed by atoms with Crippen molar-refractivity contribution in [2.75, 3.05) is 19.0 Å². The van der Waals surface area contributed by atoms with E-state index in [1.165, 1.54) is 9.79 Å². The van der Waals surface area contributed by atoms with Crippen LogP contribution in [0.25, 0.3) is 22.4 Å². The summed E-state index contributed by atoms with van der Waals surface area (Å²) in [6, 6.07) is 43.7. The van der Waals surface area contributed by atoms with Crippen molar-refractivity contribution >= 4 is 34.8 Å². The van der Waals surface area contributed by atoms with Gasteiger partial charge < -0.3 is 4.90 Å². The van der Waals surface area contributed by atoms with Crippen molar-refractivity contribution in [2.24, 2.45) is 0 Å². The van der Waals surface area contributed by atoms with E-state index >= 15 is 0 Å². The first-order valence-corrected chi connectivity index (χ1v) is 13.6. The summed E-state index contributed by atoms with van der Waals surface area (Å²) in [6.45, 7) is 0. The minimum Gasteiger partial charge on any atom is -0.345 e. The van der Waals surface area contributed by atoms with Crippen molar-refractivity contribution in [1.82, 2.24) is 4.98 Å². The molecule has 188 valence electrons. The van der Waals surface area contributed by atoms with Crippen LogP contribution < -0.4 is 4.90 Å². The minimum absolute atomic E-state index is 0.958. The molecule has 0 N–H and O–H groups in total. The molecule has 0 unspecified atom stereocenters. The Morgan fingerprint density at radius 2 is 1.38 bits per heavy atom. The zero-order chi connectivity index (χ0) is 26.6. The second-order valence-corrected chi connectivity index (χ2v) is 10.5. The lowest BCUT2D eigenvalue weighted by Gasteiger charge is -2.20. The molecule has 0 spiro atoms. The number of nitrogens with zero attached hydrogens (tertiary/aromatic N) is 4. The van der Waals surface area contributed by atoms with Crippen molar-refractivity contribution in [3.05, 3.63) is 134 Å². The van der Waals surface area contributed by atoms with E-state index in [9.17, 15) is 0 Å². The number of rotatable bonds is 7. The minimum atomic E-state index is 0.958. The lowest BCUT2D eigenvalue weighted by molar-refractivity contribution is -0.429. The van der Waals surface area contributed by atoms with Crippen LogP contribution in [0.5, 0.6) is 0 Å². The number of benzene rings is 4. The molecule has 0 radical (unpaired) electrons. The Hall–Kier alpha value is -4.70. The third-order valence-corrected chi connectivity index (χ3v) is 7.62. The van der Waals surface area contributed by atoms with Gasteiger partial charge in [0.25, 0.3) is 6.20 Å². The third kappa shape index (κ3) is 5.60. The maximum absolute atomic E-state index is 4.72. The van der Waals surface area contributed by atoms with E-state index < -0.39 is 0 Å². The Morgan fingerprint density at radius 3 is 2.21 bits per heavy atom. The van der Waals surface area contributed by atoms with Crippen molar-refractivity contribution < 1.29 is 9.15 Å². The summed E-state index contributed by atoms with van der Waals surface area (Å²) < 4.78 is 3.92. The van der Waals surface area contributed by atoms with Gasteiger partial charge in [0.1, 0.15) is 0 Å². The third-order valence-electron chi connectivity index (χ3n) is 6.64. The summed E-state index contributed by atoms with van der Waals surface area (Å²) in [5.74, 6) is 0. The predicted octanol–water partition coefficient (Wildman–Crippen LogP) is 8.28. The van der Waals surface area contributed by atoms with Gasteiger partial charge in [-0.2, -0.15) is 0 Å². The number of anilines is 2. The second-order valence-electron chi connectivity index (χ2n) is 9.38. The molecule has 0 saturated carbocycles. The van der Waals surface area contributed by atoms with E-state index in [0.717, 1.165) is 39.4 Å². The lowest BCUT2D eigenvalue weighted by Crippen LogP contribution is -2.08. The van der Waals surface area contributed by atoms with E-state index in [1.807, 2.05) is 40.9 Å². The fraction of sp³-hybridized carbons (Fsp3) is 0.0588. The second kappa shape index (κ2) is 11.0. The summed E-state index contributed by atoms with van der Waals surface area (Å²) in [5.41, 5.74) is 7.75. The highest BCUT2D eigenvalue weighted by molar-refractivity contribution is 7.99. The maximum atomic E-state index is 4.72. The topological polar surface area (TPSA) is 22.1 Å². The average Bonchev–Trinajstić information content (AvgIpc) is 3.44. The van der Waals surface area contributed by atoms with Crippen molar-refractivity contribution in [1.29, 1.82) is 0 Å². The number of hydrogen-bond donors (Lipinski definition) is 0. The number of hydrogen-bond acceptors (Lipinski definition) is 3. The van der Waals surface area contributed by atoms with Gasteiger partial charge in [0, 0.05) is 52.1 Å². The molecule has 1 aromatic heterocycles. The largest absolute Gasteiger partial charge is 0.495 e. The molecule has 6 rings (SSSR count).